The molecule has 5 rings (SSSR count). The Labute approximate surface area is 233 Å². The number of aromatic amines is 1. The van der Waals surface area contributed by atoms with Crippen molar-refractivity contribution in [3.8, 4) is 0 Å². The van der Waals surface area contributed by atoms with E-state index in [1.54, 1.807) is 6.07 Å². The molecule has 2 aromatic heterocycles. The number of nitrogens with zero attached hydrogens (tertiary/aromatic N) is 5. The van der Waals surface area contributed by atoms with E-state index in [9.17, 15) is 9.59 Å². The Bertz CT molecular complexity index is 1570. The van der Waals surface area contributed by atoms with Crippen LogP contribution in [0.4, 0.5) is 22.2 Å². The number of imidazole rings is 1. The third-order valence-electron chi connectivity index (χ3n) is 7.18. The molecule has 0 spiro atoms. The molecule has 1 aliphatic rings. The van der Waals surface area contributed by atoms with Gasteiger partial charge in [0.15, 0.2) is 5.82 Å². The van der Waals surface area contributed by atoms with Gasteiger partial charge in [-0.25, -0.2) is 9.78 Å². The van der Waals surface area contributed by atoms with Crippen LogP contribution in [0.1, 0.15) is 36.7 Å². The number of anilines is 3. The van der Waals surface area contributed by atoms with Crippen molar-refractivity contribution < 1.29 is 9.59 Å². The first-order valence-corrected chi connectivity index (χ1v) is 13.1. The van der Waals surface area contributed by atoms with Crippen LogP contribution in [0, 0.1) is 0 Å². The second-order valence-corrected chi connectivity index (χ2v) is 10.8. The van der Waals surface area contributed by atoms with Gasteiger partial charge in [0.05, 0.1) is 34.9 Å². The monoisotopic (exact) mass is 541 g/mol. The third kappa shape index (κ3) is 5.15. The minimum atomic E-state index is -0.591. The Morgan fingerprint density at radius 1 is 1.20 bits per heavy atom. The molecule has 0 bridgehead atoms. The molecule has 0 aliphatic carbocycles. The first kappa shape index (κ1) is 26.9. The number of urea groups is 1. The number of aryl methyl sites for hydroxylation is 1. The van der Waals surface area contributed by atoms with Crippen LogP contribution >= 0.6 is 0 Å². The summed E-state index contributed by atoms with van der Waals surface area (Å²) < 4.78 is 1.82. The molecular weight excluding hydrogens is 506 g/mol. The zero-order chi connectivity index (χ0) is 28.6. The number of hydrogen-bond donors (Lipinski definition) is 4. The zero-order valence-corrected chi connectivity index (χ0v) is 23.4. The highest BCUT2D eigenvalue weighted by Gasteiger charge is 2.45. The Kier molecular flexibility index (Phi) is 7.07. The highest BCUT2D eigenvalue weighted by Crippen LogP contribution is 2.42. The molecule has 3 amide bonds. The smallest absolute Gasteiger partial charge is 0.319 e. The number of aromatic nitrogens is 4. The maximum atomic E-state index is 13.7. The second-order valence-electron chi connectivity index (χ2n) is 10.8. The van der Waals surface area contributed by atoms with Gasteiger partial charge in [-0.05, 0) is 57.8 Å². The average Bonchev–Trinajstić information content (AvgIpc) is 3.54. The molecule has 0 saturated heterocycles. The summed E-state index contributed by atoms with van der Waals surface area (Å²) in [6.45, 7) is 8.63. The van der Waals surface area contributed by atoms with Crippen LogP contribution in [0.15, 0.2) is 61.2 Å². The first-order chi connectivity index (χ1) is 19.1. The van der Waals surface area contributed by atoms with Gasteiger partial charge in [0.2, 0.25) is 11.9 Å². The van der Waals surface area contributed by atoms with E-state index in [0.29, 0.717) is 30.5 Å². The van der Waals surface area contributed by atoms with E-state index in [1.807, 2.05) is 87.0 Å². The van der Waals surface area contributed by atoms with E-state index in [4.69, 9.17) is 5.10 Å². The van der Waals surface area contributed by atoms with Crippen molar-refractivity contribution >= 4 is 40.4 Å². The fourth-order valence-corrected chi connectivity index (χ4v) is 5.36. The Morgan fingerprint density at radius 3 is 2.65 bits per heavy atom. The normalized spacial score (nSPS) is 14.7. The number of hydrogen-bond acceptors (Lipinski definition) is 6. The van der Waals surface area contributed by atoms with Gasteiger partial charge in [-0.1, -0.05) is 36.9 Å². The molecule has 0 fully saturated rings. The SMILES string of the molecule is C=CC(=O)Nc1ccc2nc(Nc3nn(C)c4c3CN(C(=O)N[C@H](CN(C)C)c3ccccc3)C4(C)C)[nH]c2c1. The van der Waals surface area contributed by atoms with Gasteiger partial charge >= 0.3 is 6.03 Å². The van der Waals surface area contributed by atoms with Crippen LogP contribution in [0.25, 0.3) is 11.0 Å². The molecule has 1 atom stereocenters. The largest absolute Gasteiger partial charge is 0.330 e. The number of amides is 3. The van der Waals surface area contributed by atoms with Crippen LogP contribution in [0.2, 0.25) is 0 Å². The lowest BCUT2D eigenvalue weighted by Gasteiger charge is -2.34. The number of nitrogens with one attached hydrogen (secondary N) is 4. The zero-order valence-electron chi connectivity index (χ0n) is 23.4. The van der Waals surface area contributed by atoms with Gasteiger partial charge in [0.25, 0.3) is 0 Å². The fourth-order valence-electron chi connectivity index (χ4n) is 5.36. The number of carbonyl (C=O) groups is 2. The minimum absolute atomic E-state index is 0.138. The third-order valence-corrected chi connectivity index (χ3v) is 7.18. The molecule has 1 aliphatic heterocycles. The molecule has 4 aromatic rings. The van der Waals surface area contributed by atoms with Gasteiger partial charge in [-0.15, -0.1) is 0 Å². The molecule has 208 valence electrons. The Morgan fingerprint density at radius 2 is 1.95 bits per heavy atom. The maximum Gasteiger partial charge on any atom is 0.319 e. The summed E-state index contributed by atoms with van der Waals surface area (Å²) in [7, 11) is 5.88. The number of H-pyrrole nitrogens is 1. The topological polar surface area (TPSA) is 123 Å². The van der Waals surface area contributed by atoms with Crippen molar-refractivity contribution in [1.82, 2.24) is 34.9 Å². The fraction of sp³-hybridized carbons (Fsp3) is 0.310. The molecule has 3 heterocycles. The molecule has 11 nitrogen and oxygen atoms in total. The van der Waals surface area contributed by atoms with Crippen molar-refractivity contribution in [3.05, 3.63) is 78.0 Å². The highest BCUT2D eigenvalue weighted by atomic mass is 16.2. The van der Waals surface area contributed by atoms with Crippen molar-refractivity contribution in [2.45, 2.75) is 32.0 Å². The number of likely N-dealkylation sites (N-methyl/N-ethyl adjacent to an activating group) is 1. The van der Waals surface area contributed by atoms with E-state index in [-0.39, 0.29) is 18.0 Å². The minimum Gasteiger partial charge on any atom is -0.330 e. The van der Waals surface area contributed by atoms with Gasteiger partial charge in [-0.2, -0.15) is 5.10 Å². The summed E-state index contributed by atoms with van der Waals surface area (Å²) >= 11 is 0. The second kappa shape index (κ2) is 10.5. The number of fused-ring (bicyclic) bond motifs is 2. The van der Waals surface area contributed by atoms with Gasteiger partial charge in [0.1, 0.15) is 0 Å². The summed E-state index contributed by atoms with van der Waals surface area (Å²) in [6, 6.07) is 15.1. The predicted molar refractivity (Wildman–Crippen MR) is 156 cm³/mol. The average molecular weight is 542 g/mol. The summed E-state index contributed by atoms with van der Waals surface area (Å²) in [5, 5.41) is 14.0. The van der Waals surface area contributed by atoms with E-state index >= 15 is 0 Å². The van der Waals surface area contributed by atoms with Crippen LogP contribution in [0.5, 0.6) is 0 Å². The number of rotatable bonds is 8. The summed E-state index contributed by atoms with van der Waals surface area (Å²) in [6.07, 6.45) is 1.22. The lowest BCUT2D eigenvalue weighted by molar-refractivity contribution is -0.111. The summed E-state index contributed by atoms with van der Waals surface area (Å²) in [5.41, 5.74) is 4.49. The van der Waals surface area contributed by atoms with Crippen LogP contribution in [0.3, 0.4) is 0 Å². The molecule has 0 saturated carbocycles. The van der Waals surface area contributed by atoms with Crippen molar-refractivity contribution in [3.63, 3.8) is 0 Å². The summed E-state index contributed by atoms with van der Waals surface area (Å²) in [5.74, 6) is 0.862. The van der Waals surface area contributed by atoms with Crippen molar-refractivity contribution in [2.24, 2.45) is 7.05 Å². The molecular formula is C29H35N9O2. The first-order valence-electron chi connectivity index (χ1n) is 13.1. The lowest BCUT2D eigenvalue weighted by atomic mass is 10.0. The van der Waals surface area contributed by atoms with Gasteiger partial charge in [0, 0.05) is 24.8 Å². The number of benzene rings is 2. The van der Waals surface area contributed by atoms with Crippen molar-refractivity contribution in [1.29, 1.82) is 0 Å². The molecule has 2 aromatic carbocycles. The molecule has 11 heteroatoms. The Hall–Kier alpha value is -4.64. The number of carbonyl (C=O) groups excluding carboxylic acids is 2. The predicted octanol–water partition coefficient (Wildman–Crippen LogP) is 4.23. The Balaban J connectivity index is 1.37. The van der Waals surface area contributed by atoms with E-state index < -0.39 is 5.54 Å². The maximum absolute atomic E-state index is 13.7. The molecule has 0 unspecified atom stereocenters. The van der Waals surface area contributed by atoms with E-state index in [0.717, 1.165) is 27.9 Å². The highest BCUT2D eigenvalue weighted by molar-refractivity contribution is 6.00. The lowest BCUT2D eigenvalue weighted by Crippen LogP contribution is -2.49. The van der Waals surface area contributed by atoms with Crippen LogP contribution in [-0.2, 0) is 23.9 Å². The van der Waals surface area contributed by atoms with Gasteiger partial charge < -0.3 is 30.7 Å². The van der Waals surface area contributed by atoms with E-state index in [2.05, 4.69) is 37.4 Å². The van der Waals surface area contributed by atoms with Crippen molar-refractivity contribution in [2.75, 3.05) is 31.3 Å². The molecule has 4 N–H and O–H groups in total. The quantitative estimate of drug-likeness (QED) is 0.248. The van der Waals surface area contributed by atoms with Crippen LogP contribution < -0.4 is 16.0 Å². The molecule has 0 radical (unpaired) electrons. The van der Waals surface area contributed by atoms with Gasteiger partial charge in [-0.3, -0.25) is 9.48 Å². The molecule has 40 heavy (non-hydrogen) atoms. The van der Waals surface area contributed by atoms with Crippen LogP contribution in [-0.4, -0.2) is 62.1 Å². The standard InChI is InChI=1S/C29H35N9O2/c1-7-24(39)30-19-13-14-21-22(15-19)32-27(31-21)34-26-20-16-38(29(2,3)25(20)37(6)35-26)28(40)33-23(17-36(4)5)18-11-9-8-10-12-18/h7-15,23H,1,16-17H2,2-6H3,(H,30,39)(H,33,40)(H2,31,32,34,35)/t23-/m1/s1. The summed E-state index contributed by atoms with van der Waals surface area (Å²) in [4.78, 5) is 37.2. The van der Waals surface area contributed by atoms with E-state index in [1.165, 1.54) is 6.08 Å².